The first-order chi connectivity index (χ1) is 6.74. The van der Waals surface area contributed by atoms with Gasteiger partial charge in [0, 0.05) is 6.07 Å². The Bertz CT molecular complexity index is 359. The quantitative estimate of drug-likeness (QED) is 0.413. The average Bonchev–Trinajstić information content (AvgIpc) is 2.15. The van der Waals surface area contributed by atoms with Crippen LogP contribution in [-0.4, -0.2) is 12.6 Å². The summed E-state index contributed by atoms with van der Waals surface area (Å²) in [5.41, 5.74) is 0.437. The van der Waals surface area contributed by atoms with Gasteiger partial charge in [-0.3, -0.25) is 0 Å². The maximum Gasteiger partial charge on any atom is 0.234 e. The topological polar surface area (TPSA) is 29.4 Å². The fraction of sp³-hybridized carbons (Fsp3) is 0.300. The summed E-state index contributed by atoms with van der Waals surface area (Å²) >= 11 is 0. The Morgan fingerprint density at radius 2 is 2.14 bits per heavy atom. The molecular weight excluding hydrogens is 188 g/mol. The van der Waals surface area contributed by atoms with E-state index >= 15 is 0 Å². The Hall–Kier alpha value is -1.54. The zero-order chi connectivity index (χ0) is 10.4. The second-order valence-electron chi connectivity index (χ2n) is 2.81. The highest BCUT2D eigenvalue weighted by Gasteiger charge is 2.02. The van der Waals surface area contributed by atoms with Gasteiger partial charge in [-0.15, -0.1) is 0 Å². The second kappa shape index (κ2) is 5.25. The van der Waals surface area contributed by atoms with E-state index in [1.807, 2.05) is 0 Å². The lowest BCUT2D eigenvalue weighted by Crippen LogP contribution is -1.93. The van der Waals surface area contributed by atoms with E-state index in [0.29, 0.717) is 24.9 Å². The first-order valence-electron chi connectivity index (χ1n) is 4.21. The van der Waals surface area contributed by atoms with Crippen molar-refractivity contribution < 1.29 is 13.6 Å². The van der Waals surface area contributed by atoms with Crippen LogP contribution in [0.2, 0.25) is 0 Å². The minimum atomic E-state index is -0.586. The summed E-state index contributed by atoms with van der Waals surface area (Å²) in [6, 6.07) is 3.45. The fourth-order valence-corrected chi connectivity index (χ4v) is 1.12. The lowest BCUT2D eigenvalue weighted by Gasteiger charge is -2.00. The third-order valence-corrected chi connectivity index (χ3v) is 1.80. The van der Waals surface area contributed by atoms with Crippen LogP contribution >= 0.6 is 0 Å². The second-order valence-corrected chi connectivity index (χ2v) is 2.81. The molecule has 0 radical (unpaired) electrons. The molecule has 0 saturated carbocycles. The molecule has 0 spiro atoms. The van der Waals surface area contributed by atoms with Crippen LogP contribution < -0.4 is 0 Å². The molecule has 0 bridgehead atoms. The summed E-state index contributed by atoms with van der Waals surface area (Å²) in [6.45, 7) is 0.320. The van der Waals surface area contributed by atoms with Gasteiger partial charge in [-0.2, -0.15) is 0 Å². The van der Waals surface area contributed by atoms with Crippen molar-refractivity contribution >= 4 is 6.08 Å². The standard InChI is InChI=1S/C10H9F2NO/c11-9-4-3-8(10(12)6-9)2-1-5-13-7-14/h3-4,6H,1-2,5H2. The highest BCUT2D eigenvalue weighted by atomic mass is 19.1. The summed E-state index contributed by atoms with van der Waals surface area (Å²) < 4.78 is 25.5. The average molecular weight is 197 g/mol. The van der Waals surface area contributed by atoms with E-state index in [1.165, 1.54) is 18.2 Å². The zero-order valence-electron chi connectivity index (χ0n) is 7.46. The van der Waals surface area contributed by atoms with E-state index < -0.39 is 11.6 Å². The Morgan fingerprint density at radius 3 is 2.79 bits per heavy atom. The van der Waals surface area contributed by atoms with E-state index in [-0.39, 0.29) is 0 Å². The molecule has 4 heteroatoms. The number of nitrogens with zero attached hydrogens (tertiary/aromatic N) is 1. The van der Waals surface area contributed by atoms with Gasteiger partial charge in [-0.25, -0.2) is 18.6 Å². The lowest BCUT2D eigenvalue weighted by molar-refractivity contribution is 0.561. The van der Waals surface area contributed by atoms with Gasteiger partial charge in [0.25, 0.3) is 0 Å². The Labute approximate surface area is 80.3 Å². The molecular formula is C10H9F2NO. The number of hydrogen-bond acceptors (Lipinski definition) is 2. The third-order valence-electron chi connectivity index (χ3n) is 1.80. The minimum Gasteiger partial charge on any atom is -0.211 e. The number of hydrogen-bond donors (Lipinski definition) is 0. The van der Waals surface area contributed by atoms with Crippen molar-refractivity contribution in [3.8, 4) is 0 Å². The van der Waals surface area contributed by atoms with Gasteiger partial charge in [0.15, 0.2) is 0 Å². The number of aliphatic imine (C=N–C) groups is 1. The molecule has 74 valence electrons. The molecule has 1 aromatic carbocycles. The maximum atomic E-state index is 13.0. The number of benzene rings is 1. The van der Waals surface area contributed by atoms with Gasteiger partial charge in [-0.05, 0) is 24.5 Å². The normalized spacial score (nSPS) is 9.57. The lowest BCUT2D eigenvalue weighted by atomic mass is 10.1. The molecule has 0 N–H and O–H groups in total. The SMILES string of the molecule is O=C=NCCCc1ccc(F)cc1F. The van der Waals surface area contributed by atoms with Crippen LogP contribution in [0.5, 0.6) is 0 Å². The Kier molecular flexibility index (Phi) is 3.95. The van der Waals surface area contributed by atoms with Crippen molar-refractivity contribution in [1.29, 1.82) is 0 Å². The summed E-state index contributed by atoms with van der Waals surface area (Å²) in [5.74, 6) is -1.14. The Balaban J connectivity index is 2.54. The van der Waals surface area contributed by atoms with Crippen molar-refractivity contribution in [3.63, 3.8) is 0 Å². The fourth-order valence-electron chi connectivity index (χ4n) is 1.12. The van der Waals surface area contributed by atoms with Gasteiger partial charge in [0.05, 0.1) is 6.54 Å². The predicted molar refractivity (Wildman–Crippen MR) is 47.7 cm³/mol. The summed E-state index contributed by atoms with van der Waals surface area (Å²) in [4.78, 5) is 13.0. The van der Waals surface area contributed by atoms with Crippen LogP contribution in [0.1, 0.15) is 12.0 Å². The van der Waals surface area contributed by atoms with Crippen molar-refractivity contribution in [3.05, 3.63) is 35.4 Å². The molecule has 0 aliphatic rings. The van der Waals surface area contributed by atoms with Gasteiger partial charge in [0.1, 0.15) is 11.6 Å². The van der Waals surface area contributed by atoms with Crippen LogP contribution in [-0.2, 0) is 11.2 Å². The largest absolute Gasteiger partial charge is 0.234 e. The number of aryl methyl sites for hydroxylation is 1. The zero-order valence-corrected chi connectivity index (χ0v) is 7.46. The van der Waals surface area contributed by atoms with Gasteiger partial charge < -0.3 is 0 Å². The molecule has 1 aromatic rings. The molecule has 0 aliphatic heterocycles. The number of carbonyl (C=O) groups excluding carboxylic acids is 1. The predicted octanol–water partition coefficient (Wildman–Crippen LogP) is 2.23. The number of rotatable bonds is 4. The van der Waals surface area contributed by atoms with E-state index in [1.54, 1.807) is 0 Å². The molecule has 0 saturated heterocycles. The van der Waals surface area contributed by atoms with Crippen molar-refractivity contribution in [2.75, 3.05) is 6.54 Å². The number of isocyanates is 1. The van der Waals surface area contributed by atoms with Gasteiger partial charge in [-0.1, -0.05) is 6.07 Å². The first-order valence-corrected chi connectivity index (χ1v) is 4.21. The summed E-state index contributed by atoms with van der Waals surface area (Å²) in [6.07, 6.45) is 2.39. The van der Waals surface area contributed by atoms with Crippen LogP contribution in [0, 0.1) is 11.6 Å². The molecule has 0 atom stereocenters. The molecule has 0 unspecified atom stereocenters. The smallest absolute Gasteiger partial charge is 0.211 e. The monoisotopic (exact) mass is 197 g/mol. The molecule has 14 heavy (non-hydrogen) atoms. The summed E-state index contributed by atoms with van der Waals surface area (Å²) in [5, 5.41) is 0. The van der Waals surface area contributed by atoms with E-state index in [2.05, 4.69) is 4.99 Å². The van der Waals surface area contributed by atoms with Crippen LogP contribution in [0.4, 0.5) is 8.78 Å². The molecule has 0 amide bonds. The van der Waals surface area contributed by atoms with Crippen molar-refractivity contribution in [2.24, 2.45) is 4.99 Å². The highest BCUT2D eigenvalue weighted by Crippen LogP contribution is 2.11. The van der Waals surface area contributed by atoms with E-state index in [4.69, 9.17) is 0 Å². The van der Waals surface area contributed by atoms with Crippen molar-refractivity contribution in [2.45, 2.75) is 12.8 Å². The molecule has 0 fully saturated rings. The third kappa shape index (κ3) is 3.07. The van der Waals surface area contributed by atoms with Crippen LogP contribution in [0.25, 0.3) is 0 Å². The van der Waals surface area contributed by atoms with E-state index in [0.717, 1.165) is 6.07 Å². The van der Waals surface area contributed by atoms with Crippen LogP contribution in [0.3, 0.4) is 0 Å². The van der Waals surface area contributed by atoms with Crippen LogP contribution in [0.15, 0.2) is 23.2 Å². The van der Waals surface area contributed by atoms with Gasteiger partial charge >= 0.3 is 0 Å². The molecule has 0 heterocycles. The first kappa shape index (κ1) is 10.5. The highest BCUT2D eigenvalue weighted by molar-refractivity contribution is 5.32. The Morgan fingerprint density at radius 1 is 1.36 bits per heavy atom. The number of halogens is 2. The molecule has 0 aromatic heterocycles. The van der Waals surface area contributed by atoms with Crippen molar-refractivity contribution in [1.82, 2.24) is 0 Å². The molecule has 0 aliphatic carbocycles. The molecule has 1 rings (SSSR count). The van der Waals surface area contributed by atoms with E-state index in [9.17, 15) is 13.6 Å². The molecule has 2 nitrogen and oxygen atoms in total. The summed E-state index contributed by atoms with van der Waals surface area (Å²) in [7, 11) is 0. The maximum absolute atomic E-state index is 13.0. The van der Waals surface area contributed by atoms with Gasteiger partial charge in [0.2, 0.25) is 6.08 Å². The minimum absolute atomic E-state index is 0.320.